The minimum Gasteiger partial charge on any atom is -0.383 e. The Hall–Kier alpha value is -1.99. The highest BCUT2D eigenvalue weighted by Crippen LogP contribution is 2.29. The van der Waals surface area contributed by atoms with Crippen LogP contribution >= 0.6 is 11.3 Å². The molecule has 6 nitrogen and oxygen atoms in total. The van der Waals surface area contributed by atoms with Crippen molar-refractivity contribution < 1.29 is 4.74 Å². The first-order chi connectivity index (χ1) is 9.79. The van der Waals surface area contributed by atoms with E-state index in [-0.39, 0.29) is 0 Å². The number of thiophene rings is 1. The predicted octanol–water partition coefficient (Wildman–Crippen LogP) is 2.24. The van der Waals surface area contributed by atoms with E-state index >= 15 is 0 Å². The van der Waals surface area contributed by atoms with E-state index in [1.807, 2.05) is 6.20 Å². The van der Waals surface area contributed by atoms with Gasteiger partial charge in [0.2, 0.25) is 5.95 Å². The highest BCUT2D eigenvalue weighted by molar-refractivity contribution is 7.17. The number of fused-ring (bicyclic) bond motifs is 1. The molecule has 0 saturated carbocycles. The van der Waals surface area contributed by atoms with Crippen LogP contribution < -0.4 is 5.32 Å². The number of aromatic nitrogens is 4. The van der Waals surface area contributed by atoms with Crippen LogP contribution in [0.3, 0.4) is 0 Å². The molecule has 1 N–H and O–H groups in total. The molecule has 0 aromatic carbocycles. The number of ether oxygens (including phenoxy) is 1. The summed E-state index contributed by atoms with van der Waals surface area (Å²) < 4.78 is 6.87. The summed E-state index contributed by atoms with van der Waals surface area (Å²) in [6.45, 7) is 3.41. The lowest BCUT2D eigenvalue weighted by Gasteiger charge is -2.09. The van der Waals surface area contributed by atoms with Gasteiger partial charge in [-0.1, -0.05) is 0 Å². The zero-order chi connectivity index (χ0) is 13.9. The SMILES string of the molecule is COCCNc1nc(-n2ccnc2)nc2scc(C)c12. The van der Waals surface area contributed by atoms with E-state index < -0.39 is 0 Å². The predicted molar refractivity (Wildman–Crippen MR) is 79.6 cm³/mol. The number of rotatable bonds is 5. The molecule has 0 bridgehead atoms. The van der Waals surface area contributed by atoms with Crippen molar-refractivity contribution >= 4 is 27.4 Å². The molecule has 0 spiro atoms. The van der Waals surface area contributed by atoms with Crippen LogP contribution in [-0.4, -0.2) is 39.8 Å². The van der Waals surface area contributed by atoms with Crippen LogP contribution in [0.4, 0.5) is 5.82 Å². The van der Waals surface area contributed by atoms with Crippen LogP contribution in [0.15, 0.2) is 24.1 Å². The third-order valence-corrected chi connectivity index (χ3v) is 3.93. The summed E-state index contributed by atoms with van der Waals surface area (Å²) >= 11 is 1.62. The first-order valence-corrected chi connectivity index (χ1v) is 7.14. The molecule has 3 rings (SSSR count). The minimum atomic E-state index is 0.622. The number of nitrogens with one attached hydrogen (secondary N) is 1. The molecular formula is C13H15N5OS. The number of imidazole rings is 1. The summed E-state index contributed by atoms with van der Waals surface area (Å²) in [6.07, 6.45) is 5.24. The van der Waals surface area contributed by atoms with Gasteiger partial charge in [0.05, 0.1) is 12.0 Å². The Morgan fingerprint density at radius 2 is 2.30 bits per heavy atom. The van der Waals surface area contributed by atoms with Gasteiger partial charge < -0.3 is 10.1 Å². The summed E-state index contributed by atoms with van der Waals surface area (Å²) in [5.41, 5.74) is 1.18. The van der Waals surface area contributed by atoms with Crippen LogP contribution in [0, 0.1) is 6.92 Å². The molecule has 0 atom stereocenters. The van der Waals surface area contributed by atoms with E-state index in [1.165, 1.54) is 5.56 Å². The van der Waals surface area contributed by atoms with Gasteiger partial charge in [0, 0.05) is 26.0 Å². The second kappa shape index (κ2) is 5.56. The summed E-state index contributed by atoms with van der Waals surface area (Å²) in [5, 5.41) is 6.49. The largest absolute Gasteiger partial charge is 0.383 e. The summed E-state index contributed by atoms with van der Waals surface area (Å²) in [7, 11) is 1.68. The van der Waals surface area contributed by atoms with Crippen LogP contribution in [0.5, 0.6) is 0 Å². The Morgan fingerprint density at radius 1 is 1.40 bits per heavy atom. The summed E-state index contributed by atoms with van der Waals surface area (Å²) in [6, 6.07) is 0. The van der Waals surface area contributed by atoms with E-state index in [2.05, 4.69) is 32.6 Å². The first-order valence-electron chi connectivity index (χ1n) is 6.26. The van der Waals surface area contributed by atoms with Crippen molar-refractivity contribution in [3.05, 3.63) is 29.7 Å². The molecule has 0 unspecified atom stereocenters. The van der Waals surface area contributed by atoms with Gasteiger partial charge in [-0.05, 0) is 17.9 Å². The third kappa shape index (κ3) is 2.37. The second-order valence-corrected chi connectivity index (χ2v) is 5.22. The maximum atomic E-state index is 5.07. The van der Waals surface area contributed by atoms with Gasteiger partial charge in [-0.15, -0.1) is 11.3 Å². The molecule has 0 aliphatic carbocycles. The van der Waals surface area contributed by atoms with Gasteiger partial charge in [-0.3, -0.25) is 4.57 Å². The van der Waals surface area contributed by atoms with Crippen molar-refractivity contribution in [2.45, 2.75) is 6.92 Å². The van der Waals surface area contributed by atoms with E-state index in [1.54, 1.807) is 35.5 Å². The summed E-state index contributed by atoms with van der Waals surface area (Å²) in [5.74, 6) is 1.46. The molecule has 0 saturated heterocycles. The molecule has 0 amide bonds. The van der Waals surface area contributed by atoms with Crippen molar-refractivity contribution in [3.8, 4) is 5.95 Å². The highest BCUT2D eigenvalue weighted by Gasteiger charge is 2.12. The Labute approximate surface area is 120 Å². The number of anilines is 1. The van der Waals surface area contributed by atoms with E-state index in [0.29, 0.717) is 19.1 Å². The van der Waals surface area contributed by atoms with E-state index in [9.17, 15) is 0 Å². The Kier molecular flexibility index (Phi) is 3.62. The lowest BCUT2D eigenvalue weighted by molar-refractivity contribution is 0.210. The average molecular weight is 289 g/mol. The Balaban J connectivity index is 2.06. The average Bonchev–Trinajstić information content (AvgIpc) is 3.09. The first kappa shape index (κ1) is 13.0. The smallest absolute Gasteiger partial charge is 0.238 e. The molecule has 3 aromatic rings. The fraction of sp³-hybridized carbons (Fsp3) is 0.308. The van der Waals surface area contributed by atoms with Crippen molar-refractivity contribution in [1.82, 2.24) is 19.5 Å². The zero-order valence-electron chi connectivity index (χ0n) is 11.3. The maximum Gasteiger partial charge on any atom is 0.238 e. The van der Waals surface area contributed by atoms with Crippen molar-refractivity contribution in [3.63, 3.8) is 0 Å². The van der Waals surface area contributed by atoms with Gasteiger partial charge in [0.15, 0.2) is 0 Å². The molecule has 104 valence electrons. The Bertz CT molecular complexity index is 707. The monoisotopic (exact) mass is 289 g/mol. The van der Waals surface area contributed by atoms with Gasteiger partial charge in [0.1, 0.15) is 17.0 Å². The molecule has 0 radical (unpaired) electrons. The van der Waals surface area contributed by atoms with E-state index in [0.717, 1.165) is 16.0 Å². The normalized spacial score (nSPS) is 11.1. The minimum absolute atomic E-state index is 0.622. The number of nitrogens with zero attached hydrogens (tertiary/aromatic N) is 4. The number of hydrogen-bond acceptors (Lipinski definition) is 6. The molecule has 20 heavy (non-hydrogen) atoms. The zero-order valence-corrected chi connectivity index (χ0v) is 12.1. The van der Waals surface area contributed by atoms with Crippen LogP contribution in [-0.2, 0) is 4.74 Å². The fourth-order valence-electron chi connectivity index (χ4n) is 1.97. The van der Waals surface area contributed by atoms with E-state index in [4.69, 9.17) is 4.74 Å². The standard InChI is InChI=1S/C13H15N5OS/c1-9-7-20-12-10(9)11(15-4-6-19-2)16-13(17-12)18-5-3-14-8-18/h3,5,7-8H,4,6H2,1-2H3,(H,15,16,17). The third-order valence-electron chi connectivity index (χ3n) is 2.94. The fourth-order valence-corrected chi connectivity index (χ4v) is 2.88. The van der Waals surface area contributed by atoms with Crippen molar-refractivity contribution in [2.24, 2.45) is 0 Å². The van der Waals surface area contributed by atoms with Gasteiger partial charge in [-0.2, -0.15) is 4.98 Å². The highest BCUT2D eigenvalue weighted by atomic mass is 32.1. The number of aryl methyl sites for hydroxylation is 1. The number of hydrogen-bond donors (Lipinski definition) is 1. The second-order valence-electron chi connectivity index (χ2n) is 4.36. The van der Waals surface area contributed by atoms with Crippen LogP contribution in [0.2, 0.25) is 0 Å². The molecule has 3 heterocycles. The Morgan fingerprint density at radius 3 is 3.05 bits per heavy atom. The molecule has 3 aromatic heterocycles. The lowest BCUT2D eigenvalue weighted by Crippen LogP contribution is -2.11. The molecule has 0 aliphatic rings. The topological polar surface area (TPSA) is 64.9 Å². The van der Waals surface area contributed by atoms with Gasteiger partial charge >= 0.3 is 0 Å². The lowest BCUT2D eigenvalue weighted by atomic mass is 10.2. The van der Waals surface area contributed by atoms with Crippen LogP contribution in [0.1, 0.15) is 5.56 Å². The molecule has 7 heteroatoms. The molecule has 0 aliphatic heterocycles. The van der Waals surface area contributed by atoms with Gasteiger partial charge in [-0.25, -0.2) is 9.97 Å². The van der Waals surface area contributed by atoms with Crippen LogP contribution in [0.25, 0.3) is 16.2 Å². The number of methoxy groups -OCH3 is 1. The quantitative estimate of drug-likeness (QED) is 0.730. The van der Waals surface area contributed by atoms with Gasteiger partial charge in [0.25, 0.3) is 0 Å². The maximum absolute atomic E-state index is 5.07. The molecule has 0 fully saturated rings. The van der Waals surface area contributed by atoms with Crippen molar-refractivity contribution in [2.75, 3.05) is 25.6 Å². The summed E-state index contributed by atoms with van der Waals surface area (Å²) in [4.78, 5) is 14.2. The molecular weight excluding hydrogens is 274 g/mol. The van der Waals surface area contributed by atoms with Crippen molar-refractivity contribution in [1.29, 1.82) is 0 Å².